The molecule has 0 N–H and O–H groups in total. The van der Waals surface area contributed by atoms with Gasteiger partial charge in [0.25, 0.3) is 0 Å². The summed E-state index contributed by atoms with van der Waals surface area (Å²) in [5.74, 6) is 0. The molecule has 0 atom stereocenters. The lowest BCUT2D eigenvalue weighted by Gasteiger charge is -2.06. The Morgan fingerprint density at radius 3 is 1.02 bits per heavy atom. The van der Waals surface area contributed by atoms with Gasteiger partial charge in [0.2, 0.25) is 0 Å². The van der Waals surface area contributed by atoms with E-state index in [0.717, 1.165) is 76.0 Å². The van der Waals surface area contributed by atoms with Crippen LogP contribution >= 0.6 is 45.3 Å². The van der Waals surface area contributed by atoms with Gasteiger partial charge in [0.05, 0.1) is 62.9 Å². The lowest BCUT2D eigenvalue weighted by molar-refractivity contribution is 0.667. The maximum absolute atomic E-state index is 4.91. The van der Waals surface area contributed by atoms with Crippen molar-refractivity contribution in [2.45, 2.75) is 78.1 Å². The molecular weight excluding hydrogens is 737 g/mol. The Morgan fingerprint density at radius 2 is 0.704 bits per heavy atom. The number of nitrogens with zero attached hydrogens (tertiary/aromatic N) is 4. The van der Waals surface area contributed by atoms with E-state index >= 15 is 0 Å². The van der Waals surface area contributed by atoms with Crippen LogP contribution in [0.3, 0.4) is 0 Å². The minimum atomic E-state index is 1.01. The van der Waals surface area contributed by atoms with Crippen molar-refractivity contribution in [3.05, 3.63) is 115 Å². The molecule has 0 amide bonds. The zero-order valence-corrected chi connectivity index (χ0v) is 34.2. The first-order valence-corrected chi connectivity index (χ1v) is 22.7. The first kappa shape index (κ1) is 36.6. The van der Waals surface area contributed by atoms with Crippen molar-refractivity contribution < 1.29 is 0 Å². The van der Waals surface area contributed by atoms with E-state index in [1.165, 1.54) is 73.6 Å². The van der Waals surface area contributed by atoms with E-state index in [4.69, 9.17) is 19.9 Å². The maximum atomic E-state index is 4.91. The number of aromatic nitrogens is 4. The second kappa shape index (κ2) is 17.4. The monoisotopic (exact) mass is 780 g/mol. The first-order valence-electron chi connectivity index (χ1n) is 19.2. The van der Waals surface area contributed by atoms with Crippen molar-refractivity contribution in [3.8, 4) is 0 Å². The highest BCUT2D eigenvalue weighted by atomic mass is 32.1. The zero-order valence-electron chi connectivity index (χ0n) is 30.9. The van der Waals surface area contributed by atoms with Gasteiger partial charge >= 0.3 is 0 Å². The topological polar surface area (TPSA) is 51.6 Å². The molecular formula is C46H44N4S4. The summed E-state index contributed by atoms with van der Waals surface area (Å²) in [5.41, 5.74) is 21.6. The van der Waals surface area contributed by atoms with Gasteiger partial charge in [-0.25, -0.2) is 19.9 Å². The standard InChI is InChI=1S/C46H44N4S4/c1-3-5-7-9-11-31-13-17-33(18-14-31)21-23-35-39-45(53-27-47-39)37(41-43(35)51-29-49-41)25-26-38-42-44(52-30-50-42)36(40-46(38)54-28-48-40)24-22-34-19-15-32(16-20-34)12-10-8-6-4-2/h13-30H,3-12H2,1-2H3. The van der Waals surface area contributed by atoms with Crippen LogP contribution in [0.4, 0.5) is 0 Å². The van der Waals surface area contributed by atoms with E-state index < -0.39 is 0 Å². The summed E-state index contributed by atoms with van der Waals surface area (Å²) in [6, 6.07) is 18.0. The molecule has 0 aliphatic rings. The third kappa shape index (κ3) is 7.89. The van der Waals surface area contributed by atoms with E-state index in [9.17, 15) is 0 Å². The quantitative estimate of drug-likeness (QED) is 0.0724. The van der Waals surface area contributed by atoms with Gasteiger partial charge < -0.3 is 0 Å². The van der Waals surface area contributed by atoms with Crippen LogP contribution in [0.15, 0.2) is 70.6 Å². The summed E-state index contributed by atoms with van der Waals surface area (Å²) in [6.45, 7) is 4.53. The number of fused-ring (bicyclic) bond motifs is 4. The van der Waals surface area contributed by atoms with Crippen molar-refractivity contribution in [3.63, 3.8) is 0 Å². The molecule has 0 fully saturated rings. The predicted molar refractivity (Wildman–Crippen MR) is 241 cm³/mol. The van der Waals surface area contributed by atoms with Gasteiger partial charge in [-0.15, -0.1) is 45.3 Å². The van der Waals surface area contributed by atoms with Crippen molar-refractivity contribution in [1.82, 2.24) is 19.9 Å². The van der Waals surface area contributed by atoms with Crippen LogP contribution in [-0.4, -0.2) is 19.9 Å². The van der Waals surface area contributed by atoms with Crippen LogP contribution in [0.1, 0.15) is 110 Å². The van der Waals surface area contributed by atoms with Crippen LogP contribution in [0.5, 0.6) is 0 Å². The van der Waals surface area contributed by atoms with E-state index in [1.54, 1.807) is 45.3 Å². The molecule has 4 nitrogen and oxygen atoms in total. The Hall–Kier alpha value is -4.34. The molecule has 0 saturated heterocycles. The molecule has 4 aromatic carbocycles. The average Bonchev–Trinajstić information content (AvgIpc) is 4.04. The summed E-state index contributed by atoms with van der Waals surface area (Å²) in [4.78, 5) is 19.6. The highest BCUT2D eigenvalue weighted by Crippen LogP contribution is 2.41. The molecule has 0 radical (unpaired) electrons. The van der Waals surface area contributed by atoms with Crippen LogP contribution in [0, 0.1) is 0 Å². The lowest BCUT2D eigenvalue weighted by atomic mass is 10.0. The number of unbranched alkanes of at least 4 members (excludes halogenated alkanes) is 6. The van der Waals surface area contributed by atoms with Gasteiger partial charge in [0.15, 0.2) is 0 Å². The summed E-state index contributed by atoms with van der Waals surface area (Å²) >= 11 is 6.71. The number of benzene rings is 4. The van der Waals surface area contributed by atoms with Crippen LogP contribution < -0.4 is 0 Å². The van der Waals surface area contributed by atoms with Gasteiger partial charge in [-0.2, -0.15) is 0 Å². The van der Waals surface area contributed by atoms with Crippen molar-refractivity contribution >= 4 is 123 Å². The van der Waals surface area contributed by atoms with Gasteiger partial charge in [0, 0.05) is 22.3 Å². The fourth-order valence-electron chi connectivity index (χ4n) is 7.19. The number of hydrogen-bond donors (Lipinski definition) is 0. The molecule has 0 bridgehead atoms. The molecule has 0 spiro atoms. The molecule has 4 aromatic heterocycles. The summed E-state index contributed by atoms with van der Waals surface area (Å²) in [6.07, 6.45) is 25.9. The Morgan fingerprint density at radius 1 is 0.389 bits per heavy atom. The second-order valence-electron chi connectivity index (χ2n) is 13.9. The van der Waals surface area contributed by atoms with E-state index in [2.05, 4.69) is 98.8 Å². The van der Waals surface area contributed by atoms with E-state index in [1.807, 2.05) is 22.0 Å². The van der Waals surface area contributed by atoms with Gasteiger partial charge in [-0.1, -0.05) is 137 Å². The van der Waals surface area contributed by atoms with Crippen LogP contribution in [0.2, 0.25) is 0 Å². The summed E-state index contributed by atoms with van der Waals surface area (Å²) in [5, 5.41) is 0. The Bertz CT molecular complexity index is 2300. The van der Waals surface area contributed by atoms with Gasteiger partial charge in [0.1, 0.15) is 0 Å². The number of thiazole rings is 4. The van der Waals surface area contributed by atoms with E-state index in [-0.39, 0.29) is 0 Å². The SMILES string of the molecule is CCCCCCc1ccc(C=Cc2c3ncsc3c(C=Cc3c4ncsc4c(C=Cc4ccc(CCCCCC)cc4)c4ncsc34)c3ncsc23)cc1. The third-order valence-corrected chi connectivity index (χ3v) is 13.6. The highest BCUT2D eigenvalue weighted by Gasteiger charge is 2.18. The molecule has 0 unspecified atom stereocenters. The van der Waals surface area contributed by atoms with E-state index in [0.29, 0.717) is 0 Å². The molecule has 0 saturated carbocycles. The molecule has 0 aliphatic carbocycles. The fourth-order valence-corrected chi connectivity index (χ4v) is 10.5. The Kier molecular flexibility index (Phi) is 11.8. The predicted octanol–water partition coefficient (Wildman–Crippen LogP) is 14.9. The first-order chi connectivity index (χ1) is 26.7. The lowest BCUT2D eigenvalue weighted by Crippen LogP contribution is -1.87. The van der Waals surface area contributed by atoms with Crippen molar-refractivity contribution in [2.24, 2.45) is 0 Å². The molecule has 54 heavy (non-hydrogen) atoms. The average molecular weight is 781 g/mol. The van der Waals surface area contributed by atoms with Crippen LogP contribution in [-0.2, 0) is 12.8 Å². The third-order valence-electron chi connectivity index (χ3n) is 10.2. The Labute approximate surface area is 333 Å². The number of hydrogen-bond acceptors (Lipinski definition) is 8. The molecule has 8 aromatic rings. The van der Waals surface area contributed by atoms with Crippen molar-refractivity contribution in [1.29, 1.82) is 0 Å². The Balaban J connectivity index is 1.08. The van der Waals surface area contributed by atoms with Crippen LogP contribution in [0.25, 0.3) is 77.3 Å². The minimum Gasteiger partial charge on any atom is -0.244 e. The van der Waals surface area contributed by atoms with Gasteiger partial charge in [-0.3, -0.25) is 0 Å². The zero-order chi connectivity index (χ0) is 36.7. The minimum absolute atomic E-state index is 1.01. The maximum Gasteiger partial charge on any atom is 0.0906 e. The molecule has 272 valence electrons. The molecule has 8 heteroatoms. The summed E-state index contributed by atoms with van der Waals surface area (Å²) in [7, 11) is 0. The molecule has 0 aliphatic heterocycles. The van der Waals surface area contributed by atoms with Crippen molar-refractivity contribution in [2.75, 3.05) is 0 Å². The molecule has 8 rings (SSSR count). The van der Waals surface area contributed by atoms with Gasteiger partial charge in [-0.05, 0) is 47.9 Å². The normalized spacial score (nSPS) is 12.4. The second-order valence-corrected chi connectivity index (χ2v) is 17.3. The number of rotatable bonds is 16. The highest BCUT2D eigenvalue weighted by molar-refractivity contribution is 7.19. The fraction of sp³-hybridized carbons (Fsp3) is 0.261. The summed E-state index contributed by atoms with van der Waals surface area (Å²) < 4.78 is 4.61. The smallest absolute Gasteiger partial charge is 0.0906 e. The largest absolute Gasteiger partial charge is 0.244 e. The molecule has 4 heterocycles. The number of aryl methyl sites for hydroxylation is 2.